The van der Waals surface area contributed by atoms with Crippen LogP contribution in [0.1, 0.15) is 18.1 Å². The summed E-state index contributed by atoms with van der Waals surface area (Å²) >= 11 is 6.03. The standard InChI is InChI=1S/C19H21ClN2O2/c1-19(13-24-12-18(22-19)23-2)15-6-4-8-17(10-15)21-11-14-5-3-7-16(20)9-14/h3-10,21H,11-13H2,1-2H3. The van der Waals surface area contributed by atoms with Crippen molar-refractivity contribution >= 4 is 23.2 Å². The lowest BCUT2D eigenvalue weighted by Crippen LogP contribution is -2.34. The molecular weight excluding hydrogens is 324 g/mol. The molecule has 3 rings (SSSR count). The van der Waals surface area contributed by atoms with Crippen LogP contribution in [0.25, 0.3) is 0 Å². The van der Waals surface area contributed by atoms with Gasteiger partial charge >= 0.3 is 0 Å². The first-order valence-corrected chi connectivity index (χ1v) is 8.26. The lowest BCUT2D eigenvalue weighted by molar-refractivity contribution is 0.0899. The van der Waals surface area contributed by atoms with Crippen LogP contribution in [-0.4, -0.2) is 26.2 Å². The molecule has 24 heavy (non-hydrogen) atoms. The van der Waals surface area contributed by atoms with Crippen LogP contribution in [0.15, 0.2) is 53.5 Å². The highest BCUT2D eigenvalue weighted by Gasteiger charge is 2.31. The molecule has 1 unspecified atom stereocenters. The molecule has 0 radical (unpaired) electrons. The average Bonchev–Trinajstić information content (AvgIpc) is 2.60. The van der Waals surface area contributed by atoms with Gasteiger partial charge in [0.1, 0.15) is 12.1 Å². The summed E-state index contributed by atoms with van der Waals surface area (Å²) in [5.41, 5.74) is 2.83. The van der Waals surface area contributed by atoms with Crippen LogP contribution in [0.2, 0.25) is 5.02 Å². The second kappa shape index (κ2) is 7.24. The van der Waals surface area contributed by atoms with E-state index < -0.39 is 5.54 Å². The molecule has 5 heteroatoms. The molecule has 126 valence electrons. The Labute approximate surface area is 147 Å². The van der Waals surface area contributed by atoms with Crippen LogP contribution >= 0.6 is 11.6 Å². The van der Waals surface area contributed by atoms with Gasteiger partial charge < -0.3 is 14.8 Å². The van der Waals surface area contributed by atoms with E-state index in [0.717, 1.165) is 21.8 Å². The molecule has 0 spiro atoms. The van der Waals surface area contributed by atoms with E-state index in [0.29, 0.717) is 25.7 Å². The Hall–Kier alpha value is -2.04. The van der Waals surface area contributed by atoms with Crippen molar-refractivity contribution in [1.82, 2.24) is 0 Å². The summed E-state index contributed by atoms with van der Waals surface area (Å²) in [6.45, 7) is 3.74. The largest absolute Gasteiger partial charge is 0.483 e. The Morgan fingerprint density at radius 2 is 2.08 bits per heavy atom. The van der Waals surface area contributed by atoms with Gasteiger partial charge in [-0.3, -0.25) is 0 Å². The summed E-state index contributed by atoms with van der Waals surface area (Å²) < 4.78 is 10.9. The fourth-order valence-electron chi connectivity index (χ4n) is 2.74. The number of benzene rings is 2. The Kier molecular flexibility index (Phi) is 5.07. The number of hydrogen-bond donors (Lipinski definition) is 1. The maximum absolute atomic E-state index is 6.03. The number of hydrogen-bond acceptors (Lipinski definition) is 4. The highest BCUT2D eigenvalue weighted by atomic mass is 35.5. The first-order valence-electron chi connectivity index (χ1n) is 7.88. The maximum atomic E-state index is 6.03. The molecule has 2 aromatic carbocycles. The van der Waals surface area contributed by atoms with Crippen molar-refractivity contribution in [3.05, 3.63) is 64.7 Å². The van der Waals surface area contributed by atoms with E-state index in [1.165, 1.54) is 0 Å². The average molecular weight is 345 g/mol. The van der Waals surface area contributed by atoms with Crippen LogP contribution in [0.3, 0.4) is 0 Å². The van der Waals surface area contributed by atoms with E-state index >= 15 is 0 Å². The van der Waals surface area contributed by atoms with Crippen LogP contribution < -0.4 is 5.32 Å². The molecule has 0 fully saturated rings. The van der Waals surface area contributed by atoms with Crippen LogP contribution in [0, 0.1) is 0 Å². The Balaban J connectivity index is 1.77. The molecule has 1 atom stereocenters. The van der Waals surface area contributed by atoms with Crippen molar-refractivity contribution in [2.75, 3.05) is 25.6 Å². The molecule has 1 aliphatic heterocycles. The second-order valence-corrected chi connectivity index (χ2v) is 6.48. The zero-order chi connectivity index (χ0) is 17.0. The molecule has 2 aromatic rings. The number of anilines is 1. The van der Waals surface area contributed by atoms with Gasteiger partial charge in [-0.25, -0.2) is 4.99 Å². The fraction of sp³-hybridized carbons (Fsp3) is 0.316. The predicted molar refractivity (Wildman–Crippen MR) is 97.8 cm³/mol. The maximum Gasteiger partial charge on any atom is 0.210 e. The lowest BCUT2D eigenvalue weighted by Gasteiger charge is -2.30. The minimum absolute atomic E-state index is 0.429. The summed E-state index contributed by atoms with van der Waals surface area (Å²) in [4.78, 5) is 4.70. The van der Waals surface area contributed by atoms with Gasteiger partial charge in [-0.2, -0.15) is 0 Å². The van der Waals surface area contributed by atoms with E-state index in [1.54, 1.807) is 7.11 Å². The van der Waals surface area contributed by atoms with E-state index in [2.05, 4.69) is 24.4 Å². The van der Waals surface area contributed by atoms with Crippen LogP contribution in [-0.2, 0) is 21.6 Å². The molecule has 1 heterocycles. The van der Waals surface area contributed by atoms with Crippen molar-refractivity contribution in [3.63, 3.8) is 0 Å². The third-order valence-corrected chi connectivity index (χ3v) is 4.32. The monoisotopic (exact) mass is 344 g/mol. The molecule has 1 aliphatic rings. The summed E-state index contributed by atoms with van der Waals surface area (Å²) in [5.74, 6) is 0.626. The summed E-state index contributed by atoms with van der Waals surface area (Å²) in [6, 6.07) is 16.1. The molecule has 0 aromatic heterocycles. The van der Waals surface area contributed by atoms with E-state index in [1.807, 2.05) is 36.4 Å². The Morgan fingerprint density at radius 1 is 1.25 bits per heavy atom. The van der Waals surface area contributed by atoms with Gasteiger partial charge in [0.05, 0.1) is 13.7 Å². The smallest absolute Gasteiger partial charge is 0.210 e. The third kappa shape index (κ3) is 3.89. The second-order valence-electron chi connectivity index (χ2n) is 6.04. The first-order chi connectivity index (χ1) is 11.6. The molecule has 0 bridgehead atoms. The van der Waals surface area contributed by atoms with E-state index in [-0.39, 0.29) is 0 Å². The molecule has 0 amide bonds. The zero-order valence-electron chi connectivity index (χ0n) is 13.9. The molecule has 0 saturated heterocycles. The van der Waals surface area contributed by atoms with Gasteiger partial charge in [-0.1, -0.05) is 35.9 Å². The van der Waals surface area contributed by atoms with Gasteiger partial charge in [0.25, 0.3) is 0 Å². The SMILES string of the molecule is COC1=NC(C)(c2cccc(NCc3cccc(Cl)c3)c2)COC1. The summed E-state index contributed by atoms with van der Waals surface area (Å²) in [7, 11) is 1.62. The topological polar surface area (TPSA) is 42.8 Å². The predicted octanol–water partition coefficient (Wildman–Crippen LogP) is 4.24. The molecular formula is C19H21ClN2O2. The van der Waals surface area contributed by atoms with Crippen molar-refractivity contribution in [2.45, 2.75) is 19.0 Å². The number of aliphatic imine (C=N–C) groups is 1. The lowest BCUT2D eigenvalue weighted by atomic mass is 9.92. The van der Waals surface area contributed by atoms with E-state index in [4.69, 9.17) is 26.1 Å². The van der Waals surface area contributed by atoms with Gasteiger partial charge in [0.15, 0.2) is 0 Å². The van der Waals surface area contributed by atoms with Gasteiger partial charge in [-0.05, 0) is 42.3 Å². The van der Waals surface area contributed by atoms with Crippen molar-refractivity contribution in [3.8, 4) is 0 Å². The van der Waals surface area contributed by atoms with Gasteiger partial charge in [0, 0.05) is 17.3 Å². The molecule has 0 saturated carbocycles. The molecule has 4 nitrogen and oxygen atoms in total. The summed E-state index contributed by atoms with van der Waals surface area (Å²) in [5, 5.41) is 4.18. The number of nitrogens with one attached hydrogen (secondary N) is 1. The highest BCUT2D eigenvalue weighted by molar-refractivity contribution is 6.30. The normalized spacial score (nSPS) is 20.4. The van der Waals surface area contributed by atoms with Crippen LogP contribution in [0.4, 0.5) is 5.69 Å². The van der Waals surface area contributed by atoms with E-state index in [9.17, 15) is 0 Å². The number of halogens is 1. The van der Waals surface area contributed by atoms with Crippen LogP contribution in [0.5, 0.6) is 0 Å². The van der Waals surface area contributed by atoms with Crippen molar-refractivity contribution < 1.29 is 9.47 Å². The third-order valence-electron chi connectivity index (χ3n) is 4.09. The van der Waals surface area contributed by atoms with Crippen molar-refractivity contribution in [1.29, 1.82) is 0 Å². The number of ether oxygens (including phenoxy) is 2. The minimum atomic E-state index is -0.433. The Bertz CT molecular complexity index is 748. The molecule has 1 N–H and O–H groups in total. The fourth-order valence-corrected chi connectivity index (χ4v) is 2.96. The van der Waals surface area contributed by atoms with Crippen molar-refractivity contribution in [2.24, 2.45) is 4.99 Å². The first kappa shape index (κ1) is 16.8. The Morgan fingerprint density at radius 3 is 2.88 bits per heavy atom. The minimum Gasteiger partial charge on any atom is -0.483 e. The highest BCUT2D eigenvalue weighted by Crippen LogP contribution is 2.30. The number of methoxy groups -OCH3 is 1. The number of rotatable bonds is 4. The summed E-state index contributed by atoms with van der Waals surface area (Å²) in [6.07, 6.45) is 0. The quantitative estimate of drug-likeness (QED) is 0.902. The van der Waals surface area contributed by atoms with Gasteiger partial charge in [-0.15, -0.1) is 0 Å². The molecule has 0 aliphatic carbocycles. The van der Waals surface area contributed by atoms with Gasteiger partial charge in [0.2, 0.25) is 5.90 Å². The number of nitrogens with zero attached hydrogens (tertiary/aromatic N) is 1. The zero-order valence-corrected chi connectivity index (χ0v) is 14.6.